The first-order valence-corrected chi connectivity index (χ1v) is 10.7. The van der Waals surface area contributed by atoms with Crippen LogP contribution in [0.15, 0.2) is 71.2 Å². The summed E-state index contributed by atoms with van der Waals surface area (Å²) in [4.78, 5) is 27.0. The van der Waals surface area contributed by atoms with Crippen LogP contribution in [0.25, 0.3) is 0 Å². The van der Waals surface area contributed by atoms with Gasteiger partial charge in [-0.1, -0.05) is 41.4 Å². The maximum atomic E-state index is 13.4. The molecule has 0 aliphatic rings. The molecular weight excluding hydrogens is 489 g/mol. The van der Waals surface area contributed by atoms with Crippen molar-refractivity contribution in [3.8, 4) is 0 Å². The van der Waals surface area contributed by atoms with Crippen LogP contribution in [0.2, 0.25) is 10.0 Å². The molecule has 0 aliphatic carbocycles. The number of hydrogen-bond acceptors (Lipinski definition) is 3. The van der Waals surface area contributed by atoms with Crippen molar-refractivity contribution in [3.05, 3.63) is 97.9 Å². The molecule has 1 amide bonds. The lowest BCUT2D eigenvalue weighted by atomic mass is 10.1. The highest BCUT2D eigenvalue weighted by molar-refractivity contribution is 9.10. The summed E-state index contributed by atoms with van der Waals surface area (Å²) in [7, 11) is 0. The summed E-state index contributed by atoms with van der Waals surface area (Å²) in [6.07, 6.45) is 0. The molecule has 3 rings (SSSR count). The van der Waals surface area contributed by atoms with Gasteiger partial charge in [0.1, 0.15) is 0 Å². The third kappa shape index (κ3) is 5.22. The summed E-state index contributed by atoms with van der Waals surface area (Å²) in [5.74, 6) is -0.620. The van der Waals surface area contributed by atoms with E-state index in [0.29, 0.717) is 37.9 Å². The second kappa shape index (κ2) is 10.1. The van der Waals surface area contributed by atoms with E-state index in [2.05, 4.69) is 15.9 Å². The SMILES string of the molecule is CCOC(=O)c1ccc(N(Cc2ccc(Cl)cc2Cl)C(=O)c2ccccc2Br)cc1. The van der Waals surface area contributed by atoms with Crippen molar-refractivity contribution in [3.63, 3.8) is 0 Å². The molecule has 3 aromatic carbocycles. The van der Waals surface area contributed by atoms with E-state index in [1.165, 1.54) is 0 Å². The average molecular weight is 507 g/mol. The summed E-state index contributed by atoms with van der Waals surface area (Å²) < 4.78 is 5.71. The van der Waals surface area contributed by atoms with Crippen LogP contribution in [0.5, 0.6) is 0 Å². The Morgan fingerprint density at radius 2 is 1.70 bits per heavy atom. The number of hydrogen-bond donors (Lipinski definition) is 0. The van der Waals surface area contributed by atoms with Gasteiger partial charge in [0.15, 0.2) is 0 Å². The topological polar surface area (TPSA) is 46.6 Å². The Hall–Kier alpha value is -2.34. The normalized spacial score (nSPS) is 10.5. The van der Waals surface area contributed by atoms with Gasteiger partial charge in [-0.05, 0) is 76.9 Å². The third-order valence-electron chi connectivity index (χ3n) is 4.38. The predicted octanol–water partition coefficient (Wildman–Crippen LogP) is 6.78. The fraction of sp³-hybridized carbons (Fsp3) is 0.130. The number of carbonyl (C=O) groups excluding carboxylic acids is 2. The predicted molar refractivity (Wildman–Crippen MR) is 124 cm³/mol. The van der Waals surface area contributed by atoms with Gasteiger partial charge in [-0.3, -0.25) is 4.79 Å². The number of ether oxygens (including phenoxy) is 1. The maximum absolute atomic E-state index is 13.4. The number of nitrogens with zero attached hydrogens (tertiary/aromatic N) is 1. The molecule has 0 spiro atoms. The van der Waals surface area contributed by atoms with Crippen molar-refractivity contribution in [1.29, 1.82) is 0 Å². The summed E-state index contributed by atoms with van der Waals surface area (Å²) in [5.41, 5.74) is 2.29. The molecule has 7 heteroatoms. The molecule has 0 aliphatic heterocycles. The molecule has 0 heterocycles. The van der Waals surface area contributed by atoms with Crippen molar-refractivity contribution in [2.24, 2.45) is 0 Å². The number of benzene rings is 3. The minimum Gasteiger partial charge on any atom is -0.462 e. The lowest BCUT2D eigenvalue weighted by molar-refractivity contribution is 0.0526. The second-order valence-corrected chi connectivity index (χ2v) is 8.07. The summed E-state index contributed by atoms with van der Waals surface area (Å²) in [5, 5.41) is 0.988. The quantitative estimate of drug-likeness (QED) is 0.346. The summed E-state index contributed by atoms with van der Waals surface area (Å²) in [6, 6.07) is 19.1. The lowest BCUT2D eigenvalue weighted by Gasteiger charge is -2.24. The molecule has 4 nitrogen and oxygen atoms in total. The van der Waals surface area contributed by atoms with Crippen molar-refractivity contribution in [1.82, 2.24) is 0 Å². The van der Waals surface area contributed by atoms with E-state index in [1.807, 2.05) is 12.1 Å². The van der Waals surface area contributed by atoms with Crippen molar-refractivity contribution in [2.75, 3.05) is 11.5 Å². The van der Waals surface area contributed by atoms with Crippen molar-refractivity contribution < 1.29 is 14.3 Å². The van der Waals surface area contributed by atoms with Gasteiger partial charge in [0.2, 0.25) is 0 Å². The molecule has 0 radical (unpaired) electrons. The fourth-order valence-corrected chi connectivity index (χ4v) is 3.80. The Labute approximate surface area is 193 Å². The molecule has 3 aromatic rings. The highest BCUT2D eigenvalue weighted by Crippen LogP contribution is 2.28. The number of carbonyl (C=O) groups is 2. The first kappa shape index (κ1) is 22.3. The van der Waals surface area contributed by atoms with Gasteiger partial charge < -0.3 is 9.64 Å². The lowest BCUT2D eigenvalue weighted by Crippen LogP contribution is -2.31. The van der Waals surface area contributed by atoms with Gasteiger partial charge in [0, 0.05) is 20.2 Å². The van der Waals surface area contributed by atoms with Gasteiger partial charge in [-0.25, -0.2) is 4.79 Å². The van der Waals surface area contributed by atoms with Crippen LogP contribution in [0.1, 0.15) is 33.2 Å². The van der Waals surface area contributed by atoms with E-state index >= 15 is 0 Å². The van der Waals surface area contributed by atoms with E-state index in [4.69, 9.17) is 27.9 Å². The van der Waals surface area contributed by atoms with Crippen LogP contribution < -0.4 is 4.90 Å². The van der Waals surface area contributed by atoms with Gasteiger partial charge in [0.05, 0.1) is 24.3 Å². The molecule has 30 heavy (non-hydrogen) atoms. The van der Waals surface area contributed by atoms with Crippen LogP contribution in [0.4, 0.5) is 5.69 Å². The Bertz CT molecular complexity index is 1070. The Morgan fingerprint density at radius 1 is 1.00 bits per heavy atom. The number of amides is 1. The van der Waals surface area contributed by atoms with Gasteiger partial charge in [-0.2, -0.15) is 0 Å². The zero-order chi connectivity index (χ0) is 21.7. The highest BCUT2D eigenvalue weighted by atomic mass is 79.9. The highest BCUT2D eigenvalue weighted by Gasteiger charge is 2.21. The molecule has 0 aromatic heterocycles. The Morgan fingerprint density at radius 3 is 2.33 bits per heavy atom. The van der Waals surface area contributed by atoms with Crippen LogP contribution in [-0.2, 0) is 11.3 Å². The minimum absolute atomic E-state index is 0.211. The van der Waals surface area contributed by atoms with E-state index in [-0.39, 0.29) is 12.5 Å². The third-order valence-corrected chi connectivity index (χ3v) is 5.66. The standard InChI is InChI=1S/C23H18BrCl2NO3/c1-2-30-23(29)15-8-11-18(12-9-15)27(14-16-7-10-17(25)13-21(16)26)22(28)19-5-3-4-6-20(19)24/h3-13H,2,14H2,1H3. The van der Waals surface area contributed by atoms with E-state index in [1.54, 1.807) is 66.4 Å². The average Bonchev–Trinajstić information content (AvgIpc) is 2.73. The smallest absolute Gasteiger partial charge is 0.338 e. The monoisotopic (exact) mass is 505 g/mol. The Kier molecular flexibility index (Phi) is 7.53. The molecule has 0 atom stereocenters. The van der Waals surface area contributed by atoms with Crippen LogP contribution in [0.3, 0.4) is 0 Å². The number of esters is 1. The maximum Gasteiger partial charge on any atom is 0.338 e. The van der Waals surface area contributed by atoms with Crippen LogP contribution in [-0.4, -0.2) is 18.5 Å². The molecule has 0 saturated carbocycles. The van der Waals surface area contributed by atoms with E-state index in [0.717, 1.165) is 5.56 Å². The number of halogens is 3. The van der Waals surface area contributed by atoms with Crippen LogP contribution >= 0.6 is 39.1 Å². The molecular formula is C23H18BrCl2NO3. The molecule has 0 saturated heterocycles. The molecule has 0 N–H and O–H groups in total. The minimum atomic E-state index is -0.409. The fourth-order valence-electron chi connectivity index (χ4n) is 2.87. The zero-order valence-electron chi connectivity index (χ0n) is 16.1. The van der Waals surface area contributed by atoms with Crippen molar-refractivity contribution >= 4 is 56.7 Å². The Balaban J connectivity index is 1.99. The molecule has 154 valence electrons. The van der Waals surface area contributed by atoms with E-state index < -0.39 is 5.97 Å². The van der Waals surface area contributed by atoms with Gasteiger partial charge in [-0.15, -0.1) is 0 Å². The number of anilines is 1. The molecule has 0 fully saturated rings. The van der Waals surface area contributed by atoms with Crippen LogP contribution in [0, 0.1) is 0 Å². The molecule has 0 unspecified atom stereocenters. The zero-order valence-corrected chi connectivity index (χ0v) is 19.2. The summed E-state index contributed by atoms with van der Waals surface area (Å²) >= 11 is 15.8. The van der Waals surface area contributed by atoms with E-state index in [9.17, 15) is 9.59 Å². The first-order chi connectivity index (χ1) is 14.4. The van der Waals surface area contributed by atoms with Gasteiger partial charge >= 0.3 is 5.97 Å². The molecule has 0 bridgehead atoms. The largest absolute Gasteiger partial charge is 0.462 e. The van der Waals surface area contributed by atoms with Crippen molar-refractivity contribution in [2.45, 2.75) is 13.5 Å². The van der Waals surface area contributed by atoms with Gasteiger partial charge in [0.25, 0.3) is 5.91 Å². The number of rotatable bonds is 6. The first-order valence-electron chi connectivity index (χ1n) is 9.18. The summed E-state index contributed by atoms with van der Waals surface area (Å²) in [6.45, 7) is 2.28. The second-order valence-electron chi connectivity index (χ2n) is 6.37.